The second-order valence-corrected chi connectivity index (χ2v) is 6.35. The lowest BCUT2D eigenvalue weighted by atomic mass is 10.0. The van der Waals surface area contributed by atoms with E-state index in [1.54, 1.807) is 0 Å². The van der Waals surface area contributed by atoms with Crippen LogP contribution in [0.2, 0.25) is 0 Å². The molecule has 104 valence electrons. The summed E-state index contributed by atoms with van der Waals surface area (Å²) in [6, 6.07) is 0. The minimum atomic E-state index is -3.96. The summed E-state index contributed by atoms with van der Waals surface area (Å²) in [5.74, 6) is 0. The quantitative estimate of drug-likeness (QED) is 0.471. The van der Waals surface area contributed by atoms with Crippen molar-refractivity contribution in [3.05, 3.63) is 0 Å². The minimum absolute atomic E-state index is 0.347. The van der Waals surface area contributed by atoms with E-state index in [2.05, 4.69) is 6.92 Å². The topological polar surface area (TPSA) is 74.6 Å². The summed E-state index contributed by atoms with van der Waals surface area (Å²) < 4.78 is 31.2. The summed E-state index contributed by atoms with van der Waals surface area (Å²) in [5.41, 5.74) is 0. The van der Waals surface area contributed by atoms with Crippen LogP contribution in [0.15, 0.2) is 0 Å². The van der Waals surface area contributed by atoms with Crippen LogP contribution in [0.5, 0.6) is 0 Å². The highest BCUT2D eigenvalue weighted by molar-refractivity contribution is 7.86. The summed E-state index contributed by atoms with van der Waals surface area (Å²) in [4.78, 5) is 0. The fourth-order valence-electron chi connectivity index (χ4n) is 1.92. The first kappa shape index (κ1) is 16.9. The number of hydrogen-bond acceptors (Lipinski definition) is 3. The van der Waals surface area contributed by atoms with Crippen LogP contribution in [0.4, 0.5) is 0 Å². The average Bonchev–Trinajstić information content (AvgIpc) is 2.23. The highest BCUT2D eigenvalue weighted by Gasteiger charge is 2.22. The van der Waals surface area contributed by atoms with Gasteiger partial charge in [-0.15, -0.1) is 0 Å². The van der Waals surface area contributed by atoms with Crippen LogP contribution in [0, 0.1) is 0 Å². The molecule has 2 unspecified atom stereocenters. The van der Waals surface area contributed by atoms with Gasteiger partial charge in [-0.2, -0.15) is 8.42 Å². The molecule has 5 heteroatoms. The zero-order chi connectivity index (χ0) is 13.3. The van der Waals surface area contributed by atoms with E-state index < -0.39 is 21.5 Å². The SMILES string of the molecule is CCCCCC(O)CCC(CCC)S(=O)(=O)O. The molecule has 0 spiro atoms. The third-order valence-electron chi connectivity index (χ3n) is 2.99. The van der Waals surface area contributed by atoms with Gasteiger partial charge in [0, 0.05) is 0 Å². The minimum Gasteiger partial charge on any atom is -0.393 e. The van der Waals surface area contributed by atoms with Crippen molar-refractivity contribution in [2.45, 2.75) is 76.6 Å². The van der Waals surface area contributed by atoms with Gasteiger partial charge in [0.05, 0.1) is 11.4 Å². The Morgan fingerprint density at radius 2 is 1.59 bits per heavy atom. The van der Waals surface area contributed by atoms with Crippen molar-refractivity contribution in [2.75, 3.05) is 0 Å². The smallest absolute Gasteiger partial charge is 0.267 e. The van der Waals surface area contributed by atoms with E-state index >= 15 is 0 Å². The number of aliphatic hydroxyl groups excluding tert-OH is 1. The third kappa shape index (κ3) is 8.57. The van der Waals surface area contributed by atoms with Crippen molar-refractivity contribution >= 4 is 10.1 Å². The number of aliphatic hydroxyl groups is 1. The van der Waals surface area contributed by atoms with Gasteiger partial charge in [-0.1, -0.05) is 39.5 Å². The van der Waals surface area contributed by atoms with Crippen LogP contribution >= 0.6 is 0 Å². The largest absolute Gasteiger partial charge is 0.393 e. The van der Waals surface area contributed by atoms with Crippen molar-refractivity contribution in [3.8, 4) is 0 Å². The Morgan fingerprint density at radius 1 is 0.941 bits per heavy atom. The lowest BCUT2D eigenvalue weighted by Gasteiger charge is -2.15. The van der Waals surface area contributed by atoms with Crippen LogP contribution < -0.4 is 0 Å². The van der Waals surface area contributed by atoms with E-state index in [1.165, 1.54) is 0 Å². The molecule has 17 heavy (non-hydrogen) atoms. The molecule has 0 aliphatic heterocycles. The van der Waals surface area contributed by atoms with Crippen molar-refractivity contribution < 1.29 is 18.1 Å². The standard InChI is InChI=1S/C12H26O4S/c1-3-5-6-8-11(13)9-10-12(7-4-2)17(14,15)16/h11-13H,3-10H2,1-2H3,(H,14,15,16). The maximum Gasteiger partial charge on any atom is 0.267 e. The second-order valence-electron chi connectivity index (χ2n) is 4.65. The van der Waals surface area contributed by atoms with Gasteiger partial charge in [-0.25, -0.2) is 0 Å². The summed E-state index contributed by atoms with van der Waals surface area (Å²) in [6.07, 6.45) is 5.43. The number of hydrogen-bond donors (Lipinski definition) is 2. The highest BCUT2D eigenvalue weighted by Crippen LogP contribution is 2.17. The fourth-order valence-corrected chi connectivity index (χ4v) is 2.88. The van der Waals surface area contributed by atoms with Gasteiger partial charge in [-0.3, -0.25) is 4.55 Å². The molecular weight excluding hydrogens is 240 g/mol. The van der Waals surface area contributed by atoms with E-state index in [0.29, 0.717) is 19.3 Å². The zero-order valence-corrected chi connectivity index (χ0v) is 11.7. The van der Waals surface area contributed by atoms with E-state index in [4.69, 9.17) is 4.55 Å². The van der Waals surface area contributed by atoms with E-state index in [1.807, 2.05) is 6.92 Å². The Balaban J connectivity index is 3.96. The van der Waals surface area contributed by atoms with E-state index in [0.717, 1.165) is 32.1 Å². The molecule has 0 rings (SSSR count). The molecule has 0 aromatic heterocycles. The molecule has 0 amide bonds. The van der Waals surface area contributed by atoms with Gasteiger partial charge in [0.2, 0.25) is 0 Å². The predicted molar refractivity (Wildman–Crippen MR) is 69.6 cm³/mol. The maximum atomic E-state index is 11.1. The first-order chi connectivity index (χ1) is 7.91. The predicted octanol–water partition coefficient (Wildman–Crippen LogP) is 2.76. The monoisotopic (exact) mass is 266 g/mol. The molecule has 0 bridgehead atoms. The van der Waals surface area contributed by atoms with Crippen LogP contribution in [0.25, 0.3) is 0 Å². The zero-order valence-electron chi connectivity index (χ0n) is 10.9. The van der Waals surface area contributed by atoms with Crippen molar-refractivity contribution in [3.63, 3.8) is 0 Å². The fraction of sp³-hybridized carbons (Fsp3) is 1.00. The van der Waals surface area contributed by atoms with Gasteiger partial charge in [-0.05, 0) is 25.7 Å². The molecule has 4 nitrogen and oxygen atoms in total. The van der Waals surface area contributed by atoms with Gasteiger partial charge in [0.25, 0.3) is 10.1 Å². The molecule has 2 atom stereocenters. The first-order valence-electron chi connectivity index (χ1n) is 6.56. The molecule has 0 aromatic carbocycles. The molecule has 0 fully saturated rings. The summed E-state index contributed by atoms with van der Waals surface area (Å²) in [6.45, 7) is 3.98. The van der Waals surface area contributed by atoms with Gasteiger partial charge >= 0.3 is 0 Å². The molecular formula is C12H26O4S. The Hall–Kier alpha value is -0.130. The van der Waals surface area contributed by atoms with Crippen molar-refractivity contribution in [1.82, 2.24) is 0 Å². The molecule has 0 aliphatic carbocycles. The molecule has 0 aromatic rings. The van der Waals surface area contributed by atoms with Crippen LogP contribution in [0.3, 0.4) is 0 Å². The molecule has 0 saturated carbocycles. The van der Waals surface area contributed by atoms with Crippen LogP contribution in [0.1, 0.15) is 65.2 Å². The third-order valence-corrected chi connectivity index (χ3v) is 4.31. The van der Waals surface area contributed by atoms with Gasteiger partial charge in [0.15, 0.2) is 0 Å². The summed E-state index contributed by atoms with van der Waals surface area (Å²) in [7, 11) is -3.96. The van der Waals surface area contributed by atoms with Crippen molar-refractivity contribution in [2.24, 2.45) is 0 Å². The van der Waals surface area contributed by atoms with Gasteiger partial charge < -0.3 is 5.11 Å². The first-order valence-corrected chi connectivity index (χ1v) is 8.06. The summed E-state index contributed by atoms with van der Waals surface area (Å²) in [5, 5.41) is 8.97. The second kappa shape index (κ2) is 8.89. The Bertz CT molecular complexity index is 274. The van der Waals surface area contributed by atoms with E-state index in [9.17, 15) is 13.5 Å². The van der Waals surface area contributed by atoms with Crippen molar-refractivity contribution in [1.29, 1.82) is 0 Å². The van der Waals surface area contributed by atoms with E-state index in [-0.39, 0.29) is 0 Å². The highest BCUT2D eigenvalue weighted by atomic mass is 32.2. The Labute approximate surface area is 105 Å². The van der Waals surface area contributed by atoms with Crippen LogP contribution in [-0.4, -0.2) is 29.4 Å². The molecule has 0 saturated heterocycles. The Morgan fingerprint density at radius 3 is 2.06 bits per heavy atom. The molecule has 2 N–H and O–H groups in total. The molecule has 0 radical (unpaired) electrons. The maximum absolute atomic E-state index is 11.1. The lowest BCUT2D eigenvalue weighted by Crippen LogP contribution is -2.22. The van der Waals surface area contributed by atoms with Gasteiger partial charge in [0.1, 0.15) is 0 Å². The molecule has 0 aliphatic rings. The Kier molecular flexibility index (Phi) is 8.82. The number of unbranched alkanes of at least 4 members (excludes halogenated alkanes) is 2. The summed E-state index contributed by atoms with van der Waals surface area (Å²) >= 11 is 0. The lowest BCUT2D eigenvalue weighted by molar-refractivity contribution is 0.147. The average molecular weight is 266 g/mol. The number of rotatable bonds is 10. The molecule has 0 heterocycles. The van der Waals surface area contributed by atoms with Crippen LogP contribution in [-0.2, 0) is 10.1 Å². The normalized spacial score (nSPS) is 15.8.